The van der Waals surface area contributed by atoms with Gasteiger partial charge in [-0.2, -0.15) is 0 Å². The highest BCUT2D eigenvalue weighted by Crippen LogP contribution is 2.26. The third-order valence-corrected chi connectivity index (χ3v) is 3.57. The van der Waals surface area contributed by atoms with E-state index in [0.29, 0.717) is 5.58 Å². The summed E-state index contributed by atoms with van der Waals surface area (Å²) in [5, 5.41) is 3.32. The number of rotatable bonds is 3. The molecule has 0 bridgehead atoms. The SMILES string of the molecule is CNC(c1ccc2[nH]c(=O)oc2c1)c1ccccc1C. The molecular weight excluding hydrogens is 252 g/mol. The standard InChI is InChI=1S/C16H16N2O2/c1-10-5-3-4-6-12(10)15(17-2)11-7-8-13-14(9-11)20-16(19)18-13/h3-9,15,17H,1-2H3,(H,18,19). The summed E-state index contributed by atoms with van der Waals surface area (Å²) < 4.78 is 5.13. The van der Waals surface area contributed by atoms with Crippen LogP contribution in [0.1, 0.15) is 22.7 Å². The average Bonchev–Trinajstić information content (AvgIpc) is 2.81. The highest BCUT2D eigenvalue weighted by Gasteiger charge is 2.15. The Balaban J connectivity index is 2.11. The van der Waals surface area contributed by atoms with Crippen molar-refractivity contribution in [2.75, 3.05) is 7.05 Å². The van der Waals surface area contributed by atoms with E-state index in [1.807, 2.05) is 37.4 Å². The predicted molar refractivity (Wildman–Crippen MR) is 78.9 cm³/mol. The van der Waals surface area contributed by atoms with Gasteiger partial charge >= 0.3 is 5.76 Å². The molecule has 1 unspecified atom stereocenters. The van der Waals surface area contributed by atoms with Gasteiger partial charge in [-0.05, 0) is 42.8 Å². The highest BCUT2D eigenvalue weighted by molar-refractivity contribution is 5.73. The number of hydrogen-bond acceptors (Lipinski definition) is 3. The molecule has 4 nitrogen and oxygen atoms in total. The number of aromatic amines is 1. The lowest BCUT2D eigenvalue weighted by molar-refractivity contribution is 0.554. The Kier molecular flexibility index (Phi) is 3.16. The minimum Gasteiger partial charge on any atom is -0.408 e. The van der Waals surface area contributed by atoms with Crippen LogP contribution >= 0.6 is 0 Å². The van der Waals surface area contributed by atoms with Crippen molar-refractivity contribution in [1.29, 1.82) is 0 Å². The van der Waals surface area contributed by atoms with Gasteiger partial charge in [-0.25, -0.2) is 4.79 Å². The van der Waals surface area contributed by atoms with E-state index < -0.39 is 5.76 Å². The first-order valence-electron chi connectivity index (χ1n) is 6.54. The number of benzene rings is 2. The van der Waals surface area contributed by atoms with Gasteiger partial charge in [0.25, 0.3) is 0 Å². The van der Waals surface area contributed by atoms with Gasteiger partial charge in [-0.15, -0.1) is 0 Å². The van der Waals surface area contributed by atoms with E-state index in [2.05, 4.69) is 29.4 Å². The van der Waals surface area contributed by atoms with Gasteiger partial charge in [-0.1, -0.05) is 30.3 Å². The molecular formula is C16H16N2O2. The zero-order valence-electron chi connectivity index (χ0n) is 11.4. The van der Waals surface area contributed by atoms with Crippen LogP contribution in [-0.2, 0) is 0 Å². The maximum absolute atomic E-state index is 11.2. The van der Waals surface area contributed by atoms with Crippen molar-refractivity contribution in [3.8, 4) is 0 Å². The van der Waals surface area contributed by atoms with Gasteiger partial charge in [0.05, 0.1) is 11.6 Å². The number of nitrogens with one attached hydrogen (secondary N) is 2. The molecule has 0 aliphatic rings. The molecule has 0 fully saturated rings. The van der Waals surface area contributed by atoms with Crippen molar-refractivity contribution in [1.82, 2.24) is 10.3 Å². The average molecular weight is 268 g/mol. The third kappa shape index (κ3) is 2.14. The molecule has 2 aromatic carbocycles. The molecule has 0 radical (unpaired) electrons. The Labute approximate surface area is 116 Å². The van der Waals surface area contributed by atoms with Crippen molar-refractivity contribution in [3.63, 3.8) is 0 Å². The van der Waals surface area contributed by atoms with Crippen LogP contribution in [0.4, 0.5) is 0 Å². The van der Waals surface area contributed by atoms with Gasteiger partial charge in [0.15, 0.2) is 5.58 Å². The van der Waals surface area contributed by atoms with E-state index in [4.69, 9.17) is 4.42 Å². The second-order valence-electron chi connectivity index (χ2n) is 4.85. The Bertz CT molecular complexity index is 801. The molecule has 0 spiro atoms. The number of oxazole rings is 1. The highest BCUT2D eigenvalue weighted by atomic mass is 16.4. The van der Waals surface area contributed by atoms with Crippen LogP contribution < -0.4 is 11.1 Å². The topological polar surface area (TPSA) is 58.0 Å². The van der Waals surface area contributed by atoms with E-state index in [-0.39, 0.29) is 6.04 Å². The number of aryl methyl sites for hydroxylation is 1. The maximum atomic E-state index is 11.2. The molecule has 0 saturated carbocycles. The Morgan fingerprint density at radius 3 is 2.75 bits per heavy atom. The normalized spacial score (nSPS) is 12.7. The van der Waals surface area contributed by atoms with E-state index in [9.17, 15) is 4.79 Å². The van der Waals surface area contributed by atoms with Crippen LogP contribution in [-0.4, -0.2) is 12.0 Å². The Morgan fingerprint density at radius 1 is 1.20 bits per heavy atom. The minimum atomic E-state index is -0.422. The first kappa shape index (κ1) is 12.7. The molecule has 20 heavy (non-hydrogen) atoms. The Hall–Kier alpha value is -2.33. The summed E-state index contributed by atoms with van der Waals surface area (Å²) in [7, 11) is 1.93. The van der Waals surface area contributed by atoms with Crippen LogP contribution in [0, 0.1) is 6.92 Å². The summed E-state index contributed by atoms with van der Waals surface area (Å²) >= 11 is 0. The molecule has 4 heteroatoms. The molecule has 0 amide bonds. The number of fused-ring (bicyclic) bond motifs is 1. The van der Waals surface area contributed by atoms with Crippen molar-refractivity contribution >= 4 is 11.1 Å². The van der Waals surface area contributed by atoms with Crippen molar-refractivity contribution in [2.45, 2.75) is 13.0 Å². The quantitative estimate of drug-likeness (QED) is 0.768. The van der Waals surface area contributed by atoms with Crippen molar-refractivity contribution in [3.05, 3.63) is 69.7 Å². The molecule has 0 aliphatic carbocycles. The molecule has 3 rings (SSSR count). The van der Waals surface area contributed by atoms with Crippen LogP contribution in [0.15, 0.2) is 51.7 Å². The summed E-state index contributed by atoms with van der Waals surface area (Å²) in [5.74, 6) is -0.422. The molecule has 0 aliphatic heterocycles. The lowest BCUT2D eigenvalue weighted by atomic mass is 9.95. The monoisotopic (exact) mass is 268 g/mol. The van der Waals surface area contributed by atoms with Gasteiger partial charge in [-0.3, -0.25) is 4.98 Å². The molecule has 2 N–H and O–H groups in total. The lowest BCUT2D eigenvalue weighted by Gasteiger charge is -2.19. The fourth-order valence-corrected chi connectivity index (χ4v) is 2.55. The van der Waals surface area contributed by atoms with Crippen LogP contribution in [0.5, 0.6) is 0 Å². The van der Waals surface area contributed by atoms with Crippen molar-refractivity contribution in [2.24, 2.45) is 0 Å². The van der Waals surface area contributed by atoms with Gasteiger partial charge in [0.2, 0.25) is 0 Å². The summed E-state index contributed by atoms with van der Waals surface area (Å²) in [6.45, 7) is 2.09. The third-order valence-electron chi connectivity index (χ3n) is 3.57. The minimum absolute atomic E-state index is 0.0702. The first-order valence-corrected chi connectivity index (χ1v) is 6.54. The summed E-state index contributed by atoms with van der Waals surface area (Å²) in [6.07, 6.45) is 0. The summed E-state index contributed by atoms with van der Waals surface area (Å²) in [5.41, 5.74) is 4.81. The predicted octanol–water partition coefficient (Wildman–Crippen LogP) is 2.74. The van der Waals surface area contributed by atoms with E-state index in [1.165, 1.54) is 11.1 Å². The number of aromatic nitrogens is 1. The fraction of sp³-hybridized carbons (Fsp3) is 0.188. The summed E-state index contributed by atoms with van der Waals surface area (Å²) in [6, 6.07) is 14.1. The first-order chi connectivity index (χ1) is 9.69. The second kappa shape index (κ2) is 4.98. The second-order valence-corrected chi connectivity index (χ2v) is 4.85. The largest absolute Gasteiger partial charge is 0.417 e. The Morgan fingerprint density at radius 2 is 2.00 bits per heavy atom. The van der Waals surface area contributed by atoms with Crippen molar-refractivity contribution < 1.29 is 4.42 Å². The van der Waals surface area contributed by atoms with Crippen LogP contribution in [0.2, 0.25) is 0 Å². The maximum Gasteiger partial charge on any atom is 0.417 e. The molecule has 3 aromatic rings. The molecule has 1 aromatic heterocycles. The zero-order chi connectivity index (χ0) is 14.1. The molecule has 1 heterocycles. The van der Waals surface area contributed by atoms with Crippen LogP contribution in [0.3, 0.4) is 0 Å². The number of H-pyrrole nitrogens is 1. The lowest BCUT2D eigenvalue weighted by Crippen LogP contribution is -2.18. The van der Waals surface area contributed by atoms with E-state index >= 15 is 0 Å². The van der Waals surface area contributed by atoms with E-state index in [1.54, 1.807) is 0 Å². The smallest absolute Gasteiger partial charge is 0.408 e. The summed E-state index contributed by atoms with van der Waals surface area (Å²) in [4.78, 5) is 13.9. The van der Waals surface area contributed by atoms with E-state index in [0.717, 1.165) is 11.1 Å². The van der Waals surface area contributed by atoms with Crippen LogP contribution in [0.25, 0.3) is 11.1 Å². The van der Waals surface area contributed by atoms with Gasteiger partial charge in [0.1, 0.15) is 0 Å². The van der Waals surface area contributed by atoms with Gasteiger partial charge in [0, 0.05) is 0 Å². The molecule has 0 saturated heterocycles. The fourth-order valence-electron chi connectivity index (χ4n) is 2.55. The van der Waals surface area contributed by atoms with Gasteiger partial charge < -0.3 is 9.73 Å². The zero-order valence-corrected chi connectivity index (χ0v) is 11.4. The molecule has 102 valence electrons. The number of hydrogen-bond donors (Lipinski definition) is 2. The molecule has 1 atom stereocenters.